The second kappa shape index (κ2) is 9.38. The van der Waals surface area contributed by atoms with Crippen molar-refractivity contribution in [3.05, 3.63) is 60.7 Å². The minimum atomic E-state index is -6.00. The van der Waals surface area contributed by atoms with E-state index in [0.29, 0.717) is 0 Å². The van der Waals surface area contributed by atoms with E-state index in [1.807, 2.05) is 60.7 Å². The third kappa shape index (κ3) is 10.6. The van der Waals surface area contributed by atoms with Gasteiger partial charge >= 0.3 is 7.25 Å². The lowest BCUT2D eigenvalue weighted by molar-refractivity contribution is -0.175. The number of rotatable bonds is 2. The van der Waals surface area contributed by atoms with Crippen LogP contribution in [0, 0.1) is 5.39 Å². The molecular weight excluding hydrogens is 273 g/mol. The lowest BCUT2D eigenvalue weighted by Crippen LogP contribution is -2.11. The van der Waals surface area contributed by atoms with Crippen molar-refractivity contribution < 1.29 is 22.7 Å². The maximum Gasteiger partial charge on any atom is 0.673 e. The zero-order valence-electron chi connectivity index (χ0n) is 10.3. The van der Waals surface area contributed by atoms with Crippen molar-refractivity contribution in [1.82, 2.24) is 0 Å². The average Bonchev–Trinajstić information content (AvgIpc) is 2.41. The van der Waals surface area contributed by atoms with Gasteiger partial charge in [0, 0.05) is 11.4 Å². The molecule has 106 valence electrons. The molecule has 0 heterocycles. The van der Waals surface area contributed by atoms with Crippen molar-refractivity contribution in [3.8, 4) is 0 Å². The molecule has 0 unspecified atom stereocenters. The summed E-state index contributed by atoms with van der Waals surface area (Å²) in [4.78, 5) is 0. The first kappa shape index (κ1) is 17.4. The molecule has 0 spiro atoms. The van der Waals surface area contributed by atoms with Gasteiger partial charge in [-0.15, -0.1) is 0 Å². The van der Waals surface area contributed by atoms with E-state index in [9.17, 15) is 17.3 Å². The number of para-hydroxylation sites is 2. The predicted molar refractivity (Wildman–Crippen MR) is 69.0 cm³/mol. The number of nitrogens with one attached hydrogen (secondary N) is 2. The smallest absolute Gasteiger partial charge is 0.418 e. The fourth-order valence-corrected chi connectivity index (χ4v) is 1.21. The van der Waals surface area contributed by atoms with Gasteiger partial charge in [-0.1, -0.05) is 36.4 Å². The fourth-order valence-electron chi connectivity index (χ4n) is 1.21. The van der Waals surface area contributed by atoms with Gasteiger partial charge in [-0.2, -0.15) is 0 Å². The largest absolute Gasteiger partial charge is 0.673 e. The second-order valence-corrected chi connectivity index (χ2v) is 3.35. The van der Waals surface area contributed by atoms with Crippen LogP contribution in [0.25, 0.3) is 0 Å². The Labute approximate surface area is 113 Å². The molecule has 0 aliphatic carbocycles. The fraction of sp³-hybridized carbons (Fsp3) is 0. The van der Waals surface area contributed by atoms with E-state index in [0.717, 1.165) is 11.4 Å². The van der Waals surface area contributed by atoms with Gasteiger partial charge in [0.1, 0.15) is 0 Å². The molecule has 0 aromatic heterocycles. The quantitative estimate of drug-likeness (QED) is 0.506. The maximum absolute atomic E-state index is 9.75. The van der Waals surface area contributed by atoms with E-state index in [4.69, 9.17) is 10.8 Å². The van der Waals surface area contributed by atoms with Crippen LogP contribution in [0.4, 0.5) is 28.6 Å². The normalized spacial score (nSPS) is 9.30. The summed E-state index contributed by atoms with van der Waals surface area (Å²) < 4.78 is 39.0. The van der Waals surface area contributed by atoms with E-state index < -0.39 is 7.25 Å². The zero-order chi connectivity index (χ0) is 15.4. The molecule has 0 saturated carbocycles. The summed E-state index contributed by atoms with van der Waals surface area (Å²) in [6.45, 7) is 0. The highest BCUT2D eigenvalue weighted by atomic mass is 19.5. The zero-order valence-corrected chi connectivity index (χ0v) is 10.3. The van der Waals surface area contributed by atoms with Gasteiger partial charge in [-0.3, -0.25) is 0 Å². The topological polar surface area (TPSA) is 59.6 Å². The Morgan fingerprint density at radius 3 is 1.20 bits per heavy atom. The van der Waals surface area contributed by atoms with Crippen LogP contribution in [0.3, 0.4) is 0 Å². The van der Waals surface area contributed by atoms with Crippen LogP contribution in [0.2, 0.25) is 0 Å². The van der Waals surface area contributed by atoms with Crippen LogP contribution in [-0.4, -0.2) is 7.25 Å². The molecule has 0 saturated heterocycles. The Bertz CT molecular complexity index is 445. The first-order valence-electron chi connectivity index (χ1n) is 5.42. The molecule has 0 bridgehead atoms. The summed E-state index contributed by atoms with van der Waals surface area (Å²) in [5.74, 6) is 0. The lowest BCUT2D eigenvalue weighted by atomic mass is 10.3. The first-order chi connectivity index (χ1) is 9.45. The van der Waals surface area contributed by atoms with Gasteiger partial charge in [-0.25, -0.2) is 0 Å². The highest BCUT2D eigenvalue weighted by Gasteiger charge is 2.20. The molecule has 0 amide bonds. The predicted octanol–water partition coefficient (Wildman–Crippen LogP) is 3.01. The summed E-state index contributed by atoms with van der Waals surface area (Å²) in [7, 11) is -6.00. The Morgan fingerprint density at radius 1 is 0.700 bits per heavy atom. The SMILES string of the molecule is F[B-](F)(F)F.N#[NH+].c1ccc(Nc2ccccc2)cc1. The van der Waals surface area contributed by atoms with Gasteiger partial charge in [0.15, 0.2) is 0 Å². The molecule has 0 radical (unpaired) electrons. The Balaban J connectivity index is 0.000000441. The summed E-state index contributed by atoms with van der Waals surface area (Å²) in [5, 5.41) is 14.3. The summed E-state index contributed by atoms with van der Waals surface area (Å²) >= 11 is 0. The van der Waals surface area contributed by atoms with Gasteiger partial charge in [-0.05, 0) is 24.3 Å². The Morgan fingerprint density at radius 2 is 0.950 bits per heavy atom. The van der Waals surface area contributed by atoms with Crippen molar-refractivity contribution in [2.45, 2.75) is 0 Å². The number of benzene rings is 2. The number of hydrogen-bond donors (Lipinski definition) is 2. The van der Waals surface area contributed by atoms with Crippen molar-refractivity contribution in [3.63, 3.8) is 0 Å². The molecule has 3 nitrogen and oxygen atoms in total. The summed E-state index contributed by atoms with van der Waals surface area (Å²) in [6.07, 6.45) is 0. The Hall–Kier alpha value is -2.56. The second-order valence-electron chi connectivity index (χ2n) is 3.35. The lowest BCUT2D eigenvalue weighted by Gasteiger charge is -2.04. The van der Waals surface area contributed by atoms with Crippen LogP contribution in [0.1, 0.15) is 0 Å². The average molecular weight is 285 g/mol. The molecule has 0 aliphatic heterocycles. The highest BCUT2D eigenvalue weighted by molar-refractivity contribution is 6.50. The van der Waals surface area contributed by atoms with Crippen molar-refractivity contribution in [1.29, 1.82) is 5.39 Å². The summed E-state index contributed by atoms with van der Waals surface area (Å²) in [6, 6.07) is 20.3. The molecule has 0 aliphatic rings. The third-order valence-corrected chi connectivity index (χ3v) is 1.84. The van der Waals surface area contributed by atoms with E-state index in [-0.39, 0.29) is 0 Å². The molecule has 2 N–H and O–H groups in total. The van der Waals surface area contributed by atoms with Crippen LogP contribution < -0.4 is 10.7 Å². The number of hydrogen-bond acceptors (Lipinski definition) is 2. The van der Waals surface area contributed by atoms with E-state index >= 15 is 0 Å². The molecule has 8 heteroatoms. The molecule has 2 rings (SSSR count). The van der Waals surface area contributed by atoms with Crippen molar-refractivity contribution in [2.24, 2.45) is 0 Å². The van der Waals surface area contributed by atoms with E-state index in [2.05, 4.69) is 5.32 Å². The van der Waals surface area contributed by atoms with Gasteiger partial charge in [0.25, 0.3) is 0 Å². The van der Waals surface area contributed by atoms with Crippen LogP contribution in [-0.2, 0) is 0 Å². The standard InChI is InChI=1S/C12H11N.BF4.N2/c1-3-7-11(8-4-1)13-12-9-5-2-6-10-12;2-1(3,4)5;1-2/h1-10,13H;;/q;-1;/p+1. The first-order valence-corrected chi connectivity index (χ1v) is 5.42. The molecule has 0 atom stereocenters. The maximum atomic E-state index is 9.75. The summed E-state index contributed by atoms with van der Waals surface area (Å²) in [5.41, 5.74) is 2.24. The molecule has 2 aromatic carbocycles. The van der Waals surface area contributed by atoms with Crippen molar-refractivity contribution >= 4 is 18.6 Å². The number of diazo groups is 1. The monoisotopic (exact) mass is 285 g/mol. The third-order valence-electron chi connectivity index (χ3n) is 1.84. The van der Waals surface area contributed by atoms with E-state index in [1.54, 1.807) is 0 Å². The van der Waals surface area contributed by atoms with Gasteiger partial charge in [0.2, 0.25) is 5.39 Å². The minimum absolute atomic E-state index is 1.12. The van der Waals surface area contributed by atoms with E-state index in [1.165, 1.54) is 0 Å². The number of halogens is 4. The molecule has 0 fully saturated rings. The van der Waals surface area contributed by atoms with Gasteiger partial charge in [0.05, 0.1) is 5.39 Å². The molecule has 20 heavy (non-hydrogen) atoms. The van der Waals surface area contributed by atoms with Crippen LogP contribution >= 0.6 is 0 Å². The van der Waals surface area contributed by atoms with Crippen LogP contribution in [0.5, 0.6) is 0 Å². The van der Waals surface area contributed by atoms with Crippen LogP contribution in [0.15, 0.2) is 60.7 Å². The highest BCUT2D eigenvalue weighted by Crippen LogP contribution is 2.14. The number of nitrogens with zero attached hydrogens (tertiary/aromatic N) is 1. The minimum Gasteiger partial charge on any atom is -0.418 e. The van der Waals surface area contributed by atoms with Crippen molar-refractivity contribution in [2.75, 3.05) is 5.32 Å². The molecule has 2 aromatic rings. The number of anilines is 2. The molecular formula is C12H12BF4N3. The van der Waals surface area contributed by atoms with Gasteiger partial charge < -0.3 is 22.6 Å². The Kier molecular flexibility index (Phi) is 8.19.